The second-order valence-corrected chi connectivity index (χ2v) is 6.19. The fraction of sp³-hybridized carbons (Fsp3) is 0.278. The summed E-state index contributed by atoms with van der Waals surface area (Å²) in [6.07, 6.45) is 2.12. The van der Waals surface area contributed by atoms with Crippen LogP contribution in [0.3, 0.4) is 0 Å². The van der Waals surface area contributed by atoms with Crippen LogP contribution in [0.15, 0.2) is 52.0 Å². The zero-order valence-electron chi connectivity index (χ0n) is 13.6. The van der Waals surface area contributed by atoms with Crippen LogP contribution in [-0.2, 0) is 0 Å². The van der Waals surface area contributed by atoms with Crippen LogP contribution in [0, 0.1) is 0 Å². The number of hydrogen-bond acceptors (Lipinski definition) is 5. The highest BCUT2D eigenvalue weighted by Gasteiger charge is 2.32. The van der Waals surface area contributed by atoms with Gasteiger partial charge in [-0.3, -0.25) is 4.79 Å². The maximum absolute atomic E-state index is 12.6. The van der Waals surface area contributed by atoms with Crippen LogP contribution in [0.25, 0.3) is 11.5 Å². The Morgan fingerprint density at radius 1 is 1.15 bits per heavy atom. The Kier molecular flexibility index (Phi) is 4.24. The average molecular weight is 359 g/mol. The highest BCUT2D eigenvalue weighted by molar-refractivity contribution is 5.49. The number of hydrogen-bond donors (Lipinski definition) is 1. The van der Waals surface area contributed by atoms with Crippen LogP contribution in [0.2, 0.25) is 0 Å². The van der Waals surface area contributed by atoms with Crippen molar-refractivity contribution in [1.29, 1.82) is 0 Å². The van der Waals surface area contributed by atoms with Crippen molar-refractivity contribution in [2.45, 2.75) is 31.3 Å². The quantitative estimate of drug-likeness (QED) is 0.751. The maximum atomic E-state index is 12.6. The molecule has 26 heavy (non-hydrogen) atoms. The van der Waals surface area contributed by atoms with E-state index in [1.54, 1.807) is 12.1 Å². The second kappa shape index (κ2) is 6.70. The first kappa shape index (κ1) is 16.4. The van der Waals surface area contributed by atoms with Crippen molar-refractivity contribution in [3.8, 4) is 17.3 Å². The Balaban J connectivity index is 1.33. The molecule has 1 aliphatic carbocycles. The van der Waals surface area contributed by atoms with Gasteiger partial charge < -0.3 is 9.26 Å². The molecule has 1 aliphatic rings. The molecule has 1 fully saturated rings. The molecule has 0 aliphatic heterocycles. The molecule has 2 aromatic heterocycles. The summed E-state index contributed by atoms with van der Waals surface area (Å²) in [5, 5.41) is 2.19. The number of rotatable bonds is 5. The zero-order chi connectivity index (χ0) is 18.1. The zero-order valence-corrected chi connectivity index (χ0v) is 13.6. The van der Waals surface area contributed by atoms with Crippen molar-refractivity contribution in [2.75, 3.05) is 0 Å². The average Bonchev–Trinajstić information content (AvgIpc) is 3.05. The summed E-state index contributed by atoms with van der Waals surface area (Å²) in [7, 11) is 0. The van der Waals surface area contributed by atoms with Crippen molar-refractivity contribution < 1.29 is 18.0 Å². The topological polar surface area (TPSA) is 81.0 Å². The van der Waals surface area contributed by atoms with Gasteiger partial charge in [-0.1, -0.05) is 24.3 Å². The second-order valence-electron chi connectivity index (χ2n) is 6.19. The predicted molar refractivity (Wildman–Crippen MR) is 88.1 cm³/mol. The van der Waals surface area contributed by atoms with E-state index < -0.39 is 6.43 Å². The third-order valence-corrected chi connectivity index (χ3v) is 4.45. The summed E-state index contributed by atoms with van der Waals surface area (Å²) in [5.41, 5.74) is 1.16. The molecule has 0 spiro atoms. The molecule has 2 heterocycles. The van der Waals surface area contributed by atoms with E-state index in [0.29, 0.717) is 23.3 Å². The van der Waals surface area contributed by atoms with Crippen LogP contribution in [0.5, 0.6) is 5.88 Å². The first-order chi connectivity index (χ1) is 12.6. The molecular formula is C18H15F2N3O3. The normalized spacial score (nSPS) is 19.3. The molecule has 1 saturated carbocycles. The van der Waals surface area contributed by atoms with E-state index in [9.17, 15) is 13.6 Å². The summed E-state index contributed by atoms with van der Waals surface area (Å²) in [6, 6.07) is 7.74. The van der Waals surface area contributed by atoms with Crippen molar-refractivity contribution in [3.05, 3.63) is 64.2 Å². The van der Waals surface area contributed by atoms with Crippen LogP contribution in [-0.4, -0.2) is 21.2 Å². The summed E-state index contributed by atoms with van der Waals surface area (Å²) in [4.78, 5) is 19.4. The molecule has 0 atom stereocenters. The van der Waals surface area contributed by atoms with Gasteiger partial charge in [-0.2, -0.15) is 5.16 Å². The standard InChI is InChI=1S/C18H15F2N3O3/c19-18(20)11-3-1-10(2-4-11)12-5-13(6-12)25-17-9-21-14(8-22-17)15-7-16(24)23-26-15/h1-4,7-9,12-13,18H,5-6H2,(H,23,24). The summed E-state index contributed by atoms with van der Waals surface area (Å²) in [5.74, 6) is 1.00. The van der Waals surface area contributed by atoms with Gasteiger partial charge in [0.2, 0.25) is 5.88 Å². The molecule has 3 aromatic rings. The van der Waals surface area contributed by atoms with E-state index >= 15 is 0 Å². The van der Waals surface area contributed by atoms with Crippen molar-refractivity contribution >= 4 is 0 Å². The highest BCUT2D eigenvalue weighted by atomic mass is 19.3. The molecule has 134 valence electrons. The van der Waals surface area contributed by atoms with Gasteiger partial charge in [-0.15, -0.1) is 0 Å². The Morgan fingerprint density at radius 2 is 1.92 bits per heavy atom. The first-order valence-corrected chi connectivity index (χ1v) is 8.14. The molecule has 1 aromatic carbocycles. The molecule has 8 heteroatoms. The molecule has 0 saturated heterocycles. The number of nitrogens with one attached hydrogen (secondary N) is 1. The van der Waals surface area contributed by atoms with E-state index in [4.69, 9.17) is 9.26 Å². The van der Waals surface area contributed by atoms with E-state index in [1.165, 1.54) is 30.6 Å². The molecule has 0 amide bonds. The van der Waals surface area contributed by atoms with Gasteiger partial charge in [0.15, 0.2) is 5.76 Å². The van der Waals surface area contributed by atoms with Gasteiger partial charge in [0.05, 0.1) is 18.5 Å². The Labute approximate surface area is 146 Å². The minimum atomic E-state index is -2.44. The number of H-pyrrole nitrogens is 1. The molecule has 4 rings (SSSR count). The Bertz CT molecular complexity index is 929. The van der Waals surface area contributed by atoms with Crippen LogP contribution in [0.4, 0.5) is 8.78 Å². The molecule has 1 N–H and O–H groups in total. The summed E-state index contributed by atoms with van der Waals surface area (Å²) < 4.78 is 35.9. The highest BCUT2D eigenvalue weighted by Crippen LogP contribution is 2.39. The lowest BCUT2D eigenvalue weighted by molar-refractivity contribution is 0.0930. The third kappa shape index (κ3) is 3.35. The van der Waals surface area contributed by atoms with E-state index in [2.05, 4.69) is 15.1 Å². The minimum absolute atomic E-state index is 0.0140. The number of aromatic nitrogens is 3. The SMILES string of the molecule is O=c1cc(-c2cnc(OC3CC(c4ccc(C(F)F)cc4)C3)cn2)o[nH]1. The largest absolute Gasteiger partial charge is 0.473 e. The fourth-order valence-electron chi connectivity index (χ4n) is 2.93. The third-order valence-electron chi connectivity index (χ3n) is 4.45. The monoisotopic (exact) mass is 359 g/mol. The van der Waals surface area contributed by atoms with Gasteiger partial charge in [0.25, 0.3) is 12.0 Å². The Morgan fingerprint density at radius 3 is 2.50 bits per heavy atom. The van der Waals surface area contributed by atoms with Crippen LogP contribution >= 0.6 is 0 Å². The van der Waals surface area contributed by atoms with Gasteiger partial charge >= 0.3 is 0 Å². The lowest BCUT2D eigenvalue weighted by Gasteiger charge is -2.35. The van der Waals surface area contributed by atoms with Gasteiger partial charge in [0.1, 0.15) is 11.8 Å². The van der Waals surface area contributed by atoms with E-state index in [1.807, 2.05) is 0 Å². The number of alkyl halides is 2. The first-order valence-electron chi connectivity index (χ1n) is 8.14. The molecule has 0 radical (unpaired) electrons. The lowest BCUT2D eigenvalue weighted by Crippen LogP contribution is -2.32. The summed E-state index contributed by atoms with van der Waals surface area (Å²) >= 11 is 0. The van der Waals surface area contributed by atoms with E-state index in [0.717, 1.165) is 18.4 Å². The van der Waals surface area contributed by atoms with Gasteiger partial charge in [-0.25, -0.2) is 18.7 Å². The number of nitrogens with zero attached hydrogens (tertiary/aromatic N) is 2. The molecular weight excluding hydrogens is 344 g/mol. The predicted octanol–water partition coefficient (Wildman–Crippen LogP) is 3.69. The van der Waals surface area contributed by atoms with Crippen molar-refractivity contribution in [1.82, 2.24) is 15.1 Å². The number of aromatic amines is 1. The smallest absolute Gasteiger partial charge is 0.280 e. The van der Waals surface area contributed by atoms with Crippen LogP contribution in [0.1, 0.15) is 36.3 Å². The summed E-state index contributed by atoms with van der Waals surface area (Å²) in [6.45, 7) is 0. The maximum Gasteiger partial charge on any atom is 0.280 e. The molecule has 0 unspecified atom stereocenters. The molecule has 0 bridgehead atoms. The van der Waals surface area contributed by atoms with E-state index in [-0.39, 0.29) is 17.2 Å². The Hall–Kier alpha value is -3.03. The minimum Gasteiger partial charge on any atom is -0.473 e. The number of halogens is 2. The van der Waals surface area contributed by atoms with Crippen molar-refractivity contribution in [3.63, 3.8) is 0 Å². The van der Waals surface area contributed by atoms with Crippen LogP contribution < -0.4 is 10.3 Å². The van der Waals surface area contributed by atoms with Gasteiger partial charge in [0, 0.05) is 5.56 Å². The number of ether oxygens (including phenoxy) is 1. The number of benzene rings is 1. The van der Waals surface area contributed by atoms with Crippen molar-refractivity contribution in [2.24, 2.45) is 0 Å². The molecule has 6 nitrogen and oxygen atoms in total. The van der Waals surface area contributed by atoms with Gasteiger partial charge in [-0.05, 0) is 24.3 Å². The lowest BCUT2D eigenvalue weighted by atomic mass is 9.77. The fourth-order valence-corrected chi connectivity index (χ4v) is 2.93.